The van der Waals surface area contributed by atoms with Crippen molar-refractivity contribution in [1.29, 1.82) is 0 Å². The van der Waals surface area contributed by atoms with Gasteiger partial charge in [0.05, 0.1) is 11.3 Å². The van der Waals surface area contributed by atoms with Crippen LogP contribution in [0.25, 0.3) is 11.4 Å². The average Bonchev–Trinajstić information content (AvgIpc) is 3.32. The van der Waals surface area contributed by atoms with Crippen LogP contribution in [0.5, 0.6) is 5.75 Å². The molecule has 0 saturated carbocycles. The summed E-state index contributed by atoms with van der Waals surface area (Å²) in [5, 5.41) is 13.8. The van der Waals surface area contributed by atoms with Crippen LogP contribution in [0.2, 0.25) is 0 Å². The summed E-state index contributed by atoms with van der Waals surface area (Å²) in [6.45, 7) is 5.89. The molecule has 4 rings (SSSR count). The zero-order valence-electron chi connectivity index (χ0n) is 16.9. The smallest absolute Gasteiger partial charge is 0.255 e. The molecule has 0 fully saturated rings. The molecule has 4 aromatic rings. The fraction of sp³-hybridized carbons (Fsp3) is 0.182. The molecular formula is C22H21N5O3. The summed E-state index contributed by atoms with van der Waals surface area (Å²) in [5.74, 6) is 2.47. The lowest BCUT2D eigenvalue weighted by Gasteiger charge is -2.09. The molecule has 0 aliphatic carbocycles. The van der Waals surface area contributed by atoms with E-state index in [2.05, 4.69) is 25.7 Å². The van der Waals surface area contributed by atoms with Gasteiger partial charge in [0.15, 0.2) is 5.82 Å². The number of hydrogen-bond acceptors (Lipinski definition) is 6. The molecule has 0 unspecified atom stereocenters. The Labute approximate surface area is 173 Å². The van der Waals surface area contributed by atoms with Gasteiger partial charge in [-0.3, -0.25) is 9.89 Å². The van der Waals surface area contributed by atoms with Crippen molar-refractivity contribution in [1.82, 2.24) is 20.3 Å². The highest BCUT2D eigenvalue weighted by Gasteiger charge is 2.12. The lowest BCUT2D eigenvalue weighted by Crippen LogP contribution is -2.12. The number of aromatic nitrogens is 4. The Balaban J connectivity index is 1.41. The topological polar surface area (TPSA) is 106 Å². The fourth-order valence-electron chi connectivity index (χ4n) is 2.97. The largest absolute Gasteiger partial charge is 0.489 e. The van der Waals surface area contributed by atoms with Crippen LogP contribution in [0.3, 0.4) is 0 Å². The number of carbonyl (C=O) groups excluding carboxylic acids is 1. The van der Waals surface area contributed by atoms with Gasteiger partial charge in [-0.2, -0.15) is 5.10 Å². The Bertz CT molecular complexity index is 1160. The van der Waals surface area contributed by atoms with Crippen molar-refractivity contribution in [3.8, 4) is 17.1 Å². The van der Waals surface area contributed by atoms with Gasteiger partial charge in [-0.25, -0.2) is 4.98 Å². The van der Waals surface area contributed by atoms with Crippen molar-refractivity contribution in [3.63, 3.8) is 0 Å². The molecule has 2 aromatic heterocycles. The summed E-state index contributed by atoms with van der Waals surface area (Å²) in [6, 6.07) is 14.4. The normalized spacial score (nSPS) is 10.8. The maximum absolute atomic E-state index is 12.6. The lowest BCUT2D eigenvalue weighted by molar-refractivity contribution is 0.102. The monoisotopic (exact) mass is 403 g/mol. The molecule has 0 spiro atoms. The Morgan fingerprint density at radius 1 is 1.13 bits per heavy atom. The van der Waals surface area contributed by atoms with Crippen molar-refractivity contribution in [2.75, 3.05) is 5.32 Å². The first-order valence-corrected chi connectivity index (χ1v) is 9.45. The van der Waals surface area contributed by atoms with E-state index >= 15 is 0 Å². The third-order valence-corrected chi connectivity index (χ3v) is 4.66. The van der Waals surface area contributed by atoms with Crippen molar-refractivity contribution >= 4 is 11.6 Å². The van der Waals surface area contributed by atoms with E-state index in [1.807, 2.05) is 51.1 Å². The molecule has 1 amide bonds. The maximum atomic E-state index is 12.6. The summed E-state index contributed by atoms with van der Waals surface area (Å²) in [5.41, 5.74) is 3.75. The van der Waals surface area contributed by atoms with Crippen molar-refractivity contribution < 1.29 is 14.1 Å². The Morgan fingerprint density at radius 2 is 1.93 bits per heavy atom. The van der Waals surface area contributed by atoms with Crippen LogP contribution < -0.4 is 10.1 Å². The molecule has 2 heterocycles. The summed E-state index contributed by atoms with van der Waals surface area (Å²) >= 11 is 0. The molecule has 0 aliphatic rings. The number of nitrogens with zero attached hydrogens (tertiary/aromatic N) is 3. The molecule has 0 bridgehead atoms. The fourth-order valence-corrected chi connectivity index (χ4v) is 2.97. The van der Waals surface area contributed by atoms with Crippen LogP contribution in [-0.2, 0) is 6.61 Å². The Morgan fingerprint density at radius 3 is 2.60 bits per heavy atom. The quantitative estimate of drug-likeness (QED) is 0.499. The Kier molecular flexibility index (Phi) is 5.30. The van der Waals surface area contributed by atoms with Crippen LogP contribution in [0, 0.1) is 20.8 Å². The number of nitrogens with one attached hydrogen (secondary N) is 2. The standard InChI is InChI=1S/C22H21N5O3/c1-13-20(14(2)30-27-13)12-29-19-6-4-5-17(11-19)22(28)24-18-9-7-16(8-10-18)21-23-15(3)25-26-21/h4-11H,12H2,1-3H3,(H,24,28)(H,23,25,26). The third kappa shape index (κ3) is 4.22. The number of carbonyl (C=O) groups is 1. The highest BCUT2D eigenvalue weighted by Crippen LogP contribution is 2.21. The van der Waals surface area contributed by atoms with Crippen molar-refractivity contribution in [2.24, 2.45) is 0 Å². The molecule has 0 atom stereocenters. The first-order valence-electron chi connectivity index (χ1n) is 9.45. The molecule has 152 valence electrons. The number of ether oxygens (including phenoxy) is 1. The molecule has 2 N–H and O–H groups in total. The second-order valence-electron chi connectivity index (χ2n) is 6.90. The average molecular weight is 403 g/mol. The molecule has 0 saturated heterocycles. The minimum atomic E-state index is -0.223. The molecular weight excluding hydrogens is 382 g/mol. The number of aryl methyl sites for hydroxylation is 3. The van der Waals surface area contributed by atoms with E-state index in [1.165, 1.54) is 0 Å². The van der Waals surface area contributed by atoms with Gasteiger partial charge in [-0.05, 0) is 63.2 Å². The van der Waals surface area contributed by atoms with Gasteiger partial charge in [0.1, 0.15) is 23.9 Å². The number of rotatable bonds is 6. The number of benzene rings is 2. The zero-order valence-corrected chi connectivity index (χ0v) is 16.9. The Hall–Kier alpha value is -3.94. The van der Waals surface area contributed by atoms with Crippen molar-refractivity contribution in [2.45, 2.75) is 27.4 Å². The highest BCUT2D eigenvalue weighted by atomic mass is 16.5. The highest BCUT2D eigenvalue weighted by molar-refractivity contribution is 6.04. The van der Waals surface area contributed by atoms with Crippen LogP contribution in [0.1, 0.15) is 33.2 Å². The van der Waals surface area contributed by atoms with E-state index in [1.54, 1.807) is 18.2 Å². The van der Waals surface area contributed by atoms with Gasteiger partial charge in [0.2, 0.25) is 0 Å². The van der Waals surface area contributed by atoms with Crippen LogP contribution in [0.4, 0.5) is 5.69 Å². The first-order chi connectivity index (χ1) is 14.5. The molecule has 30 heavy (non-hydrogen) atoms. The van der Waals surface area contributed by atoms with Crippen LogP contribution in [-0.4, -0.2) is 26.2 Å². The van der Waals surface area contributed by atoms with E-state index in [0.717, 1.165) is 28.4 Å². The second kappa shape index (κ2) is 8.20. The summed E-state index contributed by atoms with van der Waals surface area (Å²) < 4.78 is 11.0. The van der Waals surface area contributed by atoms with Gasteiger partial charge in [0, 0.05) is 16.8 Å². The predicted molar refractivity (Wildman–Crippen MR) is 111 cm³/mol. The van der Waals surface area contributed by atoms with Crippen LogP contribution in [0.15, 0.2) is 53.1 Å². The summed E-state index contributed by atoms with van der Waals surface area (Å²) in [6.07, 6.45) is 0. The van der Waals surface area contributed by atoms with E-state index in [0.29, 0.717) is 29.4 Å². The second-order valence-corrected chi connectivity index (χ2v) is 6.90. The van der Waals surface area contributed by atoms with Crippen LogP contribution >= 0.6 is 0 Å². The number of aromatic amines is 1. The van der Waals surface area contributed by atoms with Crippen molar-refractivity contribution in [3.05, 3.63) is 76.9 Å². The minimum Gasteiger partial charge on any atom is -0.489 e. The zero-order chi connectivity index (χ0) is 21.1. The summed E-state index contributed by atoms with van der Waals surface area (Å²) in [4.78, 5) is 16.9. The molecule has 8 heteroatoms. The number of amides is 1. The first kappa shape index (κ1) is 19.4. The SMILES string of the molecule is Cc1nc(-c2ccc(NC(=O)c3cccc(OCc4c(C)noc4C)c3)cc2)n[nH]1. The number of H-pyrrole nitrogens is 1. The minimum absolute atomic E-state index is 0.223. The van der Waals surface area contributed by atoms with E-state index in [9.17, 15) is 4.79 Å². The van der Waals surface area contributed by atoms with Gasteiger partial charge in [0.25, 0.3) is 5.91 Å². The molecule has 0 aliphatic heterocycles. The maximum Gasteiger partial charge on any atom is 0.255 e. The van der Waals surface area contributed by atoms with E-state index in [-0.39, 0.29) is 5.91 Å². The molecule has 2 aromatic carbocycles. The van der Waals surface area contributed by atoms with E-state index in [4.69, 9.17) is 9.26 Å². The third-order valence-electron chi connectivity index (χ3n) is 4.66. The predicted octanol–water partition coefficient (Wildman–Crippen LogP) is 4.22. The number of anilines is 1. The molecule has 8 nitrogen and oxygen atoms in total. The van der Waals surface area contributed by atoms with Gasteiger partial charge >= 0.3 is 0 Å². The summed E-state index contributed by atoms with van der Waals surface area (Å²) in [7, 11) is 0. The lowest BCUT2D eigenvalue weighted by atomic mass is 10.1. The van der Waals surface area contributed by atoms with Gasteiger partial charge in [-0.15, -0.1) is 0 Å². The van der Waals surface area contributed by atoms with Gasteiger partial charge < -0.3 is 14.6 Å². The van der Waals surface area contributed by atoms with Gasteiger partial charge in [-0.1, -0.05) is 11.2 Å². The molecule has 0 radical (unpaired) electrons. The van der Waals surface area contributed by atoms with E-state index < -0.39 is 0 Å². The number of hydrogen-bond donors (Lipinski definition) is 2.